The number of nitrogens with zero attached hydrogens (tertiary/aromatic N) is 2. The standard InChI is InChI=1S/C13H9FN2O2/c14-12-4-9(6-15)3-10(5-12)7-16-2-1-11(8-16)13(17)18/h1-5,8H,7H2,(H,17,18). The summed E-state index contributed by atoms with van der Waals surface area (Å²) in [4.78, 5) is 10.7. The summed E-state index contributed by atoms with van der Waals surface area (Å²) >= 11 is 0. The number of carboxylic acid groups (broad SMARTS) is 1. The molecule has 0 radical (unpaired) electrons. The zero-order valence-corrected chi connectivity index (χ0v) is 9.30. The van der Waals surface area contributed by atoms with Gasteiger partial charge in [-0.15, -0.1) is 0 Å². The molecule has 0 aliphatic heterocycles. The number of carboxylic acids is 1. The molecule has 5 heteroatoms. The molecule has 0 saturated heterocycles. The average Bonchev–Trinajstić information content (AvgIpc) is 2.76. The van der Waals surface area contributed by atoms with E-state index in [4.69, 9.17) is 10.4 Å². The molecule has 18 heavy (non-hydrogen) atoms. The molecule has 1 aromatic heterocycles. The molecule has 0 spiro atoms. The molecule has 0 amide bonds. The Morgan fingerprint density at radius 2 is 2.22 bits per heavy atom. The summed E-state index contributed by atoms with van der Waals surface area (Å²) in [5.74, 6) is -1.49. The van der Waals surface area contributed by atoms with E-state index in [1.54, 1.807) is 16.8 Å². The van der Waals surface area contributed by atoms with E-state index < -0.39 is 11.8 Å². The zero-order valence-electron chi connectivity index (χ0n) is 9.30. The summed E-state index contributed by atoms with van der Waals surface area (Å²) in [6, 6.07) is 7.39. The number of aromatic carboxylic acids is 1. The van der Waals surface area contributed by atoms with Crippen LogP contribution in [0, 0.1) is 17.1 Å². The normalized spacial score (nSPS) is 10.0. The lowest BCUT2D eigenvalue weighted by Gasteiger charge is -2.04. The van der Waals surface area contributed by atoms with E-state index in [9.17, 15) is 9.18 Å². The minimum absolute atomic E-state index is 0.173. The van der Waals surface area contributed by atoms with Gasteiger partial charge >= 0.3 is 5.97 Å². The second kappa shape index (κ2) is 4.72. The Kier molecular flexibility index (Phi) is 3.11. The second-order valence-electron chi connectivity index (χ2n) is 3.84. The van der Waals surface area contributed by atoms with Crippen LogP contribution in [0.25, 0.3) is 0 Å². The Morgan fingerprint density at radius 3 is 2.83 bits per heavy atom. The van der Waals surface area contributed by atoms with Crippen molar-refractivity contribution in [1.82, 2.24) is 4.57 Å². The quantitative estimate of drug-likeness (QED) is 0.900. The van der Waals surface area contributed by atoms with Crippen molar-refractivity contribution in [2.24, 2.45) is 0 Å². The molecule has 1 N–H and O–H groups in total. The van der Waals surface area contributed by atoms with Crippen LogP contribution in [0.15, 0.2) is 36.7 Å². The first-order valence-corrected chi connectivity index (χ1v) is 5.17. The summed E-state index contributed by atoms with van der Waals surface area (Å²) in [7, 11) is 0. The van der Waals surface area contributed by atoms with Crippen LogP contribution in [0.1, 0.15) is 21.5 Å². The van der Waals surface area contributed by atoms with Gasteiger partial charge in [0.05, 0.1) is 17.2 Å². The van der Waals surface area contributed by atoms with Gasteiger partial charge in [0.25, 0.3) is 0 Å². The minimum atomic E-state index is -1.01. The fraction of sp³-hybridized carbons (Fsp3) is 0.0769. The minimum Gasteiger partial charge on any atom is -0.478 e. The first-order valence-electron chi connectivity index (χ1n) is 5.17. The molecule has 0 aliphatic rings. The van der Waals surface area contributed by atoms with E-state index in [1.165, 1.54) is 18.3 Å². The predicted octanol–water partition coefficient (Wildman–Crippen LogP) is 2.25. The third-order valence-corrected chi connectivity index (χ3v) is 2.45. The van der Waals surface area contributed by atoms with E-state index in [0.717, 1.165) is 6.07 Å². The topological polar surface area (TPSA) is 66.0 Å². The first-order chi connectivity index (χ1) is 8.58. The molecule has 2 rings (SSSR count). The molecule has 90 valence electrons. The van der Waals surface area contributed by atoms with Crippen LogP contribution in [-0.2, 0) is 6.54 Å². The summed E-state index contributed by atoms with van der Waals surface area (Å²) in [5.41, 5.74) is 1.03. The van der Waals surface area contributed by atoms with Crippen LogP contribution in [0.5, 0.6) is 0 Å². The summed E-state index contributed by atoms with van der Waals surface area (Å²) in [5, 5.41) is 17.5. The first kappa shape index (κ1) is 11.9. The summed E-state index contributed by atoms with van der Waals surface area (Å²) < 4.78 is 14.8. The van der Waals surface area contributed by atoms with E-state index in [1.807, 2.05) is 6.07 Å². The molecule has 0 unspecified atom stereocenters. The van der Waals surface area contributed by atoms with Crippen LogP contribution in [0.2, 0.25) is 0 Å². The van der Waals surface area contributed by atoms with Crippen molar-refractivity contribution >= 4 is 5.97 Å². The monoisotopic (exact) mass is 244 g/mol. The van der Waals surface area contributed by atoms with Crippen LogP contribution < -0.4 is 0 Å². The van der Waals surface area contributed by atoms with Crippen molar-refractivity contribution in [2.45, 2.75) is 6.54 Å². The molecule has 0 fully saturated rings. The lowest BCUT2D eigenvalue weighted by atomic mass is 10.1. The number of halogens is 1. The number of hydrogen-bond donors (Lipinski definition) is 1. The van der Waals surface area contributed by atoms with Gasteiger partial charge in [-0.3, -0.25) is 0 Å². The highest BCUT2D eigenvalue weighted by Gasteiger charge is 2.06. The Balaban J connectivity index is 2.25. The predicted molar refractivity (Wildman–Crippen MR) is 61.6 cm³/mol. The molecule has 0 bridgehead atoms. The third kappa shape index (κ3) is 2.55. The van der Waals surface area contributed by atoms with E-state index in [-0.39, 0.29) is 11.1 Å². The molecule has 0 aliphatic carbocycles. The number of rotatable bonds is 3. The Hall–Kier alpha value is -2.61. The lowest BCUT2D eigenvalue weighted by Crippen LogP contribution is -1.99. The second-order valence-corrected chi connectivity index (χ2v) is 3.84. The number of benzene rings is 1. The molecule has 1 heterocycles. The summed E-state index contributed by atoms with van der Waals surface area (Å²) in [6.45, 7) is 0.319. The highest BCUT2D eigenvalue weighted by molar-refractivity contribution is 5.87. The van der Waals surface area contributed by atoms with Gasteiger partial charge in [0, 0.05) is 18.9 Å². The van der Waals surface area contributed by atoms with Crippen LogP contribution >= 0.6 is 0 Å². The van der Waals surface area contributed by atoms with E-state index in [0.29, 0.717) is 12.1 Å². The van der Waals surface area contributed by atoms with Crippen molar-refractivity contribution in [1.29, 1.82) is 5.26 Å². The van der Waals surface area contributed by atoms with Gasteiger partial charge in [-0.25, -0.2) is 9.18 Å². The van der Waals surface area contributed by atoms with Gasteiger partial charge in [0.1, 0.15) is 5.82 Å². The van der Waals surface area contributed by atoms with Crippen LogP contribution in [0.3, 0.4) is 0 Å². The molecule has 4 nitrogen and oxygen atoms in total. The van der Waals surface area contributed by atoms with Crippen molar-refractivity contribution in [2.75, 3.05) is 0 Å². The SMILES string of the molecule is N#Cc1cc(F)cc(Cn2ccc(C(=O)O)c2)c1. The van der Waals surface area contributed by atoms with Crippen LogP contribution in [-0.4, -0.2) is 15.6 Å². The van der Waals surface area contributed by atoms with E-state index in [2.05, 4.69) is 0 Å². The zero-order chi connectivity index (χ0) is 13.1. The average molecular weight is 244 g/mol. The molecular formula is C13H9FN2O2. The number of carbonyl (C=O) groups is 1. The number of aromatic nitrogens is 1. The fourth-order valence-electron chi connectivity index (χ4n) is 1.68. The van der Waals surface area contributed by atoms with Gasteiger partial charge < -0.3 is 9.67 Å². The van der Waals surface area contributed by atoms with Crippen LogP contribution in [0.4, 0.5) is 4.39 Å². The highest BCUT2D eigenvalue weighted by Crippen LogP contribution is 2.11. The molecule has 0 saturated carbocycles. The van der Waals surface area contributed by atoms with Crippen molar-refractivity contribution in [3.05, 3.63) is 59.2 Å². The van der Waals surface area contributed by atoms with Gasteiger partial charge in [0.2, 0.25) is 0 Å². The fourth-order valence-corrected chi connectivity index (χ4v) is 1.68. The van der Waals surface area contributed by atoms with Gasteiger partial charge in [0.15, 0.2) is 0 Å². The maximum absolute atomic E-state index is 13.2. The smallest absolute Gasteiger partial charge is 0.337 e. The van der Waals surface area contributed by atoms with Gasteiger partial charge in [-0.05, 0) is 29.8 Å². The number of nitriles is 1. The summed E-state index contributed by atoms with van der Waals surface area (Å²) in [6.07, 6.45) is 3.06. The third-order valence-electron chi connectivity index (χ3n) is 2.45. The maximum Gasteiger partial charge on any atom is 0.337 e. The lowest BCUT2D eigenvalue weighted by molar-refractivity contribution is 0.0697. The Morgan fingerprint density at radius 1 is 1.44 bits per heavy atom. The molecule has 2 aromatic rings. The van der Waals surface area contributed by atoms with Crippen molar-refractivity contribution < 1.29 is 14.3 Å². The Labute approximate surface area is 103 Å². The molecule has 0 atom stereocenters. The van der Waals surface area contributed by atoms with E-state index >= 15 is 0 Å². The van der Waals surface area contributed by atoms with Crippen molar-refractivity contribution in [3.8, 4) is 6.07 Å². The van der Waals surface area contributed by atoms with Crippen molar-refractivity contribution in [3.63, 3.8) is 0 Å². The largest absolute Gasteiger partial charge is 0.478 e. The Bertz CT molecular complexity index is 641. The van der Waals surface area contributed by atoms with Gasteiger partial charge in [-0.1, -0.05) is 0 Å². The maximum atomic E-state index is 13.2. The molecular weight excluding hydrogens is 235 g/mol. The number of hydrogen-bond acceptors (Lipinski definition) is 2. The van der Waals surface area contributed by atoms with Gasteiger partial charge in [-0.2, -0.15) is 5.26 Å². The molecule has 1 aromatic carbocycles. The highest BCUT2D eigenvalue weighted by atomic mass is 19.1.